The van der Waals surface area contributed by atoms with Crippen LogP contribution in [0.15, 0.2) is 39.6 Å². The lowest BCUT2D eigenvalue weighted by atomic mass is 9.92. The Hall–Kier alpha value is -3.81. The average molecular weight is 468 g/mol. The van der Waals surface area contributed by atoms with Gasteiger partial charge < -0.3 is 18.6 Å². The highest BCUT2D eigenvalue weighted by molar-refractivity contribution is 5.93. The van der Waals surface area contributed by atoms with E-state index in [9.17, 15) is 14.4 Å². The van der Waals surface area contributed by atoms with Crippen LogP contribution in [0.1, 0.15) is 51.4 Å². The molecule has 0 saturated carbocycles. The molecular formula is C26H29NO7. The molecule has 1 heterocycles. The first kappa shape index (κ1) is 24.8. The molecule has 0 aliphatic carbocycles. The number of aromatic nitrogens is 1. The summed E-state index contributed by atoms with van der Waals surface area (Å²) in [5.41, 5.74) is 4.66. The second kappa shape index (κ2) is 10.4. The van der Waals surface area contributed by atoms with Gasteiger partial charge in [-0.15, -0.1) is 0 Å². The first-order valence-corrected chi connectivity index (χ1v) is 10.8. The molecule has 0 N–H and O–H groups in total. The molecule has 34 heavy (non-hydrogen) atoms. The summed E-state index contributed by atoms with van der Waals surface area (Å²) in [6.45, 7) is 3.70. The van der Waals surface area contributed by atoms with Gasteiger partial charge in [0, 0.05) is 7.05 Å². The zero-order chi connectivity index (χ0) is 25.0. The molecule has 8 nitrogen and oxygen atoms in total. The Kier molecular flexibility index (Phi) is 7.61. The Morgan fingerprint density at radius 1 is 1.06 bits per heavy atom. The molecule has 8 heteroatoms. The summed E-state index contributed by atoms with van der Waals surface area (Å²) in [6, 6.07) is 7.28. The molecular weight excluding hydrogens is 438 g/mol. The summed E-state index contributed by atoms with van der Waals surface area (Å²) in [4.78, 5) is 36.6. The van der Waals surface area contributed by atoms with Gasteiger partial charge in [-0.1, -0.05) is 18.2 Å². The molecule has 180 valence electrons. The van der Waals surface area contributed by atoms with Crippen LogP contribution >= 0.6 is 0 Å². The maximum atomic E-state index is 12.6. The Balaban J connectivity index is 1.85. The van der Waals surface area contributed by atoms with E-state index in [2.05, 4.69) is 0 Å². The second-order valence-electron chi connectivity index (χ2n) is 8.08. The van der Waals surface area contributed by atoms with Crippen LogP contribution < -0.4 is 10.5 Å². The highest BCUT2D eigenvalue weighted by Gasteiger charge is 2.23. The molecule has 0 saturated heterocycles. The van der Waals surface area contributed by atoms with Crippen molar-refractivity contribution >= 4 is 29.1 Å². The largest absolute Gasteiger partial charge is 0.496 e. The van der Waals surface area contributed by atoms with Gasteiger partial charge in [-0.2, -0.15) is 0 Å². The lowest BCUT2D eigenvalue weighted by molar-refractivity contribution is -0.142. The number of allylic oxidation sites excluding steroid dienone is 1. The van der Waals surface area contributed by atoms with E-state index in [4.69, 9.17) is 18.6 Å². The fourth-order valence-corrected chi connectivity index (χ4v) is 4.10. The van der Waals surface area contributed by atoms with E-state index in [0.29, 0.717) is 35.3 Å². The third kappa shape index (κ3) is 4.90. The van der Waals surface area contributed by atoms with Gasteiger partial charge in [0.1, 0.15) is 11.3 Å². The van der Waals surface area contributed by atoms with Crippen molar-refractivity contribution in [2.75, 3.05) is 21.3 Å². The van der Waals surface area contributed by atoms with Crippen LogP contribution in [0.2, 0.25) is 0 Å². The van der Waals surface area contributed by atoms with Gasteiger partial charge in [-0.25, -0.2) is 9.59 Å². The van der Waals surface area contributed by atoms with Crippen molar-refractivity contribution in [2.45, 2.75) is 32.6 Å². The number of rotatable bonds is 8. The first-order chi connectivity index (χ1) is 16.2. The van der Waals surface area contributed by atoms with Crippen LogP contribution in [0.4, 0.5) is 0 Å². The maximum absolute atomic E-state index is 12.6. The SMILES string of the molecule is COC(=O)c1cc(/C=C\CCC(C(=O)OC)c2cc(C)c3oc(=O)n(C)c3c2)cc(C)c1OC. The van der Waals surface area contributed by atoms with E-state index in [1.165, 1.54) is 25.9 Å². The fourth-order valence-electron chi connectivity index (χ4n) is 4.10. The molecule has 0 amide bonds. The highest BCUT2D eigenvalue weighted by atomic mass is 16.5. The number of aryl methyl sites for hydroxylation is 3. The maximum Gasteiger partial charge on any atom is 0.419 e. The lowest BCUT2D eigenvalue weighted by Crippen LogP contribution is -2.15. The van der Waals surface area contributed by atoms with E-state index in [-0.39, 0.29) is 5.97 Å². The summed E-state index contributed by atoms with van der Waals surface area (Å²) in [5, 5.41) is 0. The molecule has 1 aromatic heterocycles. The van der Waals surface area contributed by atoms with Gasteiger partial charge >= 0.3 is 17.7 Å². The fraction of sp³-hybridized carbons (Fsp3) is 0.346. The molecule has 2 aromatic carbocycles. The minimum absolute atomic E-state index is 0.353. The van der Waals surface area contributed by atoms with Crippen LogP contribution in [-0.2, 0) is 21.3 Å². The number of ether oxygens (including phenoxy) is 3. The van der Waals surface area contributed by atoms with E-state index in [0.717, 1.165) is 22.3 Å². The Labute approximate surface area is 197 Å². The van der Waals surface area contributed by atoms with Gasteiger partial charge in [-0.3, -0.25) is 9.36 Å². The number of benzene rings is 2. The Morgan fingerprint density at radius 2 is 1.79 bits per heavy atom. The monoisotopic (exact) mass is 467 g/mol. The van der Waals surface area contributed by atoms with Crippen molar-refractivity contribution in [3.8, 4) is 5.75 Å². The molecule has 0 aliphatic heterocycles. The summed E-state index contributed by atoms with van der Waals surface area (Å²) >= 11 is 0. The summed E-state index contributed by atoms with van der Waals surface area (Å²) in [6.07, 6.45) is 4.91. The molecule has 3 aromatic rings. The molecule has 1 unspecified atom stereocenters. The summed E-state index contributed by atoms with van der Waals surface area (Å²) < 4.78 is 22.0. The number of hydrogen-bond acceptors (Lipinski definition) is 7. The molecule has 0 fully saturated rings. The number of fused-ring (bicyclic) bond motifs is 1. The van der Waals surface area contributed by atoms with Crippen LogP contribution in [0.3, 0.4) is 0 Å². The number of oxazole rings is 1. The van der Waals surface area contributed by atoms with Crippen molar-refractivity contribution in [3.63, 3.8) is 0 Å². The summed E-state index contributed by atoms with van der Waals surface area (Å²) in [7, 11) is 5.83. The quantitative estimate of drug-likeness (QED) is 0.456. The van der Waals surface area contributed by atoms with Crippen molar-refractivity contribution in [1.29, 1.82) is 0 Å². The van der Waals surface area contributed by atoms with Crippen LogP contribution in [-0.4, -0.2) is 37.8 Å². The van der Waals surface area contributed by atoms with E-state index in [1.54, 1.807) is 19.2 Å². The Morgan fingerprint density at radius 3 is 2.44 bits per heavy atom. The van der Waals surface area contributed by atoms with E-state index in [1.807, 2.05) is 38.1 Å². The van der Waals surface area contributed by atoms with Gasteiger partial charge in [0.05, 0.1) is 32.8 Å². The zero-order valence-corrected chi connectivity index (χ0v) is 20.3. The number of carbonyl (C=O) groups is 2. The smallest absolute Gasteiger partial charge is 0.419 e. The number of esters is 2. The summed E-state index contributed by atoms with van der Waals surface area (Å²) in [5.74, 6) is -1.30. The molecule has 0 bridgehead atoms. The third-order valence-corrected chi connectivity index (χ3v) is 5.83. The van der Waals surface area contributed by atoms with Crippen LogP contribution in [0, 0.1) is 13.8 Å². The molecule has 0 radical (unpaired) electrons. The van der Waals surface area contributed by atoms with Crippen molar-refractivity contribution in [1.82, 2.24) is 4.57 Å². The van der Waals surface area contributed by atoms with Crippen molar-refractivity contribution in [3.05, 3.63) is 68.7 Å². The van der Waals surface area contributed by atoms with Crippen molar-refractivity contribution < 1.29 is 28.2 Å². The number of carbonyl (C=O) groups excluding carboxylic acids is 2. The minimum atomic E-state index is -0.508. The number of hydrogen-bond donors (Lipinski definition) is 0. The first-order valence-electron chi connectivity index (χ1n) is 10.8. The van der Waals surface area contributed by atoms with Gasteiger partial charge in [0.15, 0.2) is 5.58 Å². The predicted octanol–water partition coefficient (Wildman–Crippen LogP) is 4.29. The molecule has 0 aliphatic rings. The second-order valence-corrected chi connectivity index (χ2v) is 8.08. The lowest BCUT2D eigenvalue weighted by Gasteiger charge is -2.15. The Bertz CT molecular complexity index is 1310. The highest BCUT2D eigenvalue weighted by Crippen LogP contribution is 2.30. The number of nitrogens with zero attached hydrogens (tertiary/aromatic N) is 1. The topological polar surface area (TPSA) is 97.0 Å². The van der Waals surface area contributed by atoms with Gasteiger partial charge in [0.25, 0.3) is 0 Å². The van der Waals surface area contributed by atoms with Crippen LogP contribution in [0.5, 0.6) is 5.75 Å². The van der Waals surface area contributed by atoms with Gasteiger partial charge in [0.2, 0.25) is 0 Å². The third-order valence-electron chi connectivity index (χ3n) is 5.83. The van der Waals surface area contributed by atoms with E-state index < -0.39 is 17.6 Å². The van der Waals surface area contributed by atoms with Crippen molar-refractivity contribution in [2.24, 2.45) is 7.05 Å². The normalized spacial score (nSPS) is 12.2. The average Bonchev–Trinajstić information content (AvgIpc) is 3.11. The zero-order valence-electron chi connectivity index (χ0n) is 20.3. The minimum Gasteiger partial charge on any atom is -0.496 e. The number of methoxy groups -OCH3 is 3. The predicted molar refractivity (Wildman–Crippen MR) is 128 cm³/mol. The van der Waals surface area contributed by atoms with E-state index >= 15 is 0 Å². The molecule has 1 atom stereocenters. The van der Waals surface area contributed by atoms with Crippen LogP contribution in [0.25, 0.3) is 17.2 Å². The molecule has 0 spiro atoms. The van der Waals surface area contributed by atoms with Gasteiger partial charge in [-0.05, 0) is 67.1 Å². The standard InChI is InChI=1S/C26H29NO7/c1-15-11-17(13-20(22(15)31-4)25(29)33-6)9-7-8-10-19(24(28)32-5)18-12-16(2)23-21(14-18)27(3)26(30)34-23/h7,9,11-14,19H,8,10H2,1-6H3/b9-7-. The molecule has 3 rings (SSSR count).